The molecule has 12 heteroatoms. The number of aromatic amines is 1. The van der Waals surface area contributed by atoms with E-state index in [4.69, 9.17) is 16.1 Å². The number of hydrogen-bond donors (Lipinski definition) is 2. The Morgan fingerprint density at radius 3 is 2.85 bits per heavy atom. The van der Waals surface area contributed by atoms with Crippen LogP contribution in [0.3, 0.4) is 0 Å². The van der Waals surface area contributed by atoms with Crippen molar-refractivity contribution in [3.05, 3.63) is 51.8 Å². The third-order valence-corrected chi connectivity index (χ3v) is 6.23. The van der Waals surface area contributed by atoms with E-state index in [0.717, 1.165) is 0 Å². The predicted octanol–water partition coefficient (Wildman–Crippen LogP) is 3.65. The van der Waals surface area contributed by atoms with Crippen molar-refractivity contribution in [1.82, 2.24) is 20.4 Å². The molecule has 2 aromatic heterocycles. The third-order valence-electron chi connectivity index (χ3n) is 5.94. The van der Waals surface area contributed by atoms with Gasteiger partial charge in [-0.2, -0.15) is 8.78 Å². The average molecular weight is 483 g/mol. The van der Waals surface area contributed by atoms with E-state index < -0.39 is 23.9 Å². The quantitative estimate of drug-likeness (QED) is 0.558. The highest BCUT2D eigenvalue weighted by molar-refractivity contribution is 6.31. The first-order chi connectivity index (χ1) is 15.7. The molecule has 0 radical (unpaired) electrons. The minimum absolute atomic E-state index is 0.0105. The fourth-order valence-electron chi connectivity index (χ4n) is 3.95. The van der Waals surface area contributed by atoms with Crippen LogP contribution in [0, 0.1) is 5.82 Å². The molecule has 5 rings (SSSR count). The first-order valence-electron chi connectivity index (χ1n) is 10.2. The number of nitrogens with one attached hydrogen (secondary N) is 2. The number of rotatable bonds is 6. The zero-order valence-corrected chi connectivity index (χ0v) is 17.8. The number of halogens is 4. The highest BCUT2D eigenvalue weighted by Gasteiger charge is 2.46. The van der Waals surface area contributed by atoms with Crippen LogP contribution in [-0.2, 0) is 17.7 Å². The topological polar surface area (TPSA) is 100 Å². The van der Waals surface area contributed by atoms with Gasteiger partial charge in [-0.15, -0.1) is 0 Å². The van der Waals surface area contributed by atoms with Crippen LogP contribution >= 0.6 is 11.6 Å². The fraction of sp³-hybridized carbons (Fsp3) is 0.381. The normalized spacial score (nSPS) is 16.8. The third kappa shape index (κ3) is 4.18. The molecule has 2 amide bonds. The van der Waals surface area contributed by atoms with Gasteiger partial charge in [0.1, 0.15) is 17.3 Å². The summed E-state index contributed by atoms with van der Waals surface area (Å²) in [6.45, 7) is -2.81. The van der Waals surface area contributed by atoms with Crippen molar-refractivity contribution in [1.29, 1.82) is 0 Å². The number of ether oxygens (including phenoxy) is 1. The molecule has 1 aliphatic heterocycles. The first-order valence-corrected chi connectivity index (χ1v) is 10.6. The standard InChI is InChI=1S/C21H18ClF3N4O4/c22-12-7-14-10(5-13(12)23)6-15(26-14)19(31)29-4-1-16-11(8-29)17(28-33-16)18(30)27-21(2-3-21)9-32-20(24)25/h5-7,20,26H,1-4,8-9H2,(H,27,30). The van der Waals surface area contributed by atoms with Crippen LogP contribution in [0.5, 0.6) is 0 Å². The molecule has 33 heavy (non-hydrogen) atoms. The highest BCUT2D eigenvalue weighted by atomic mass is 35.5. The van der Waals surface area contributed by atoms with Crippen LogP contribution in [0.4, 0.5) is 13.2 Å². The lowest BCUT2D eigenvalue weighted by atomic mass is 10.0. The van der Waals surface area contributed by atoms with Crippen molar-refractivity contribution < 1.29 is 32.0 Å². The summed E-state index contributed by atoms with van der Waals surface area (Å²) in [6, 6.07) is 4.19. The van der Waals surface area contributed by atoms with Crippen LogP contribution in [0.1, 0.15) is 45.1 Å². The lowest BCUT2D eigenvalue weighted by Crippen LogP contribution is -2.42. The van der Waals surface area contributed by atoms with Gasteiger partial charge < -0.3 is 24.5 Å². The van der Waals surface area contributed by atoms with E-state index in [9.17, 15) is 22.8 Å². The van der Waals surface area contributed by atoms with Gasteiger partial charge >= 0.3 is 6.61 Å². The second-order valence-electron chi connectivity index (χ2n) is 8.25. The van der Waals surface area contributed by atoms with Crippen LogP contribution in [0.2, 0.25) is 5.02 Å². The maximum atomic E-state index is 13.7. The van der Waals surface area contributed by atoms with E-state index in [0.29, 0.717) is 48.0 Å². The Hall–Kier alpha value is -3.05. The molecule has 0 unspecified atom stereocenters. The first kappa shape index (κ1) is 21.8. The molecule has 8 nitrogen and oxygen atoms in total. The molecule has 0 spiro atoms. The highest BCUT2D eigenvalue weighted by Crippen LogP contribution is 2.37. The SMILES string of the molecule is O=C(NC1(COC(F)F)CC1)c1noc2c1CN(C(=O)c1cc3cc(F)c(Cl)cc3[nH]1)CC2. The monoisotopic (exact) mass is 482 g/mol. The minimum Gasteiger partial charge on any atom is -0.360 e. The van der Waals surface area contributed by atoms with Crippen molar-refractivity contribution >= 4 is 34.3 Å². The van der Waals surface area contributed by atoms with Gasteiger partial charge in [-0.3, -0.25) is 9.59 Å². The Balaban J connectivity index is 1.32. The lowest BCUT2D eigenvalue weighted by molar-refractivity contribution is -0.135. The Morgan fingerprint density at radius 1 is 1.33 bits per heavy atom. The van der Waals surface area contributed by atoms with Gasteiger partial charge in [0.25, 0.3) is 11.8 Å². The van der Waals surface area contributed by atoms with E-state index in [2.05, 4.69) is 20.2 Å². The number of aromatic nitrogens is 2. The van der Waals surface area contributed by atoms with E-state index in [1.165, 1.54) is 23.1 Å². The predicted molar refractivity (Wildman–Crippen MR) is 110 cm³/mol. The molecule has 2 N–H and O–H groups in total. The van der Waals surface area contributed by atoms with Crippen molar-refractivity contribution in [2.75, 3.05) is 13.2 Å². The smallest absolute Gasteiger partial charge is 0.345 e. The second-order valence-corrected chi connectivity index (χ2v) is 8.66. The van der Waals surface area contributed by atoms with Crippen molar-refractivity contribution in [2.45, 2.75) is 38.0 Å². The Bertz CT molecular complexity index is 1210. The molecule has 1 fully saturated rings. The summed E-state index contributed by atoms with van der Waals surface area (Å²) in [5.41, 5.74) is 0.399. The molecule has 1 aliphatic carbocycles. The number of amides is 2. The molecule has 0 saturated heterocycles. The van der Waals surface area contributed by atoms with Crippen LogP contribution < -0.4 is 5.32 Å². The molecule has 3 heterocycles. The number of carbonyl (C=O) groups is 2. The Morgan fingerprint density at radius 2 is 2.12 bits per heavy atom. The molecule has 0 atom stereocenters. The summed E-state index contributed by atoms with van der Waals surface area (Å²) in [6.07, 6.45) is 1.38. The summed E-state index contributed by atoms with van der Waals surface area (Å²) in [7, 11) is 0. The minimum atomic E-state index is -2.92. The largest absolute Gasteiger partial charge is 0.360 e. The van der Waals surface area contributed by atoms with Crippen LogP contribution in [-0.4, -0.2) is 52.2 Å². The zero-order chi connectivity index (χ0) is 23.3. The van der Waals surface area contributed by atoms with Crippen LogP contribution in [0.15, 0.2) is 22.7 Å². The van der Waals surface area contributed by atoms with Gasteiger partial charge in [0, 0.05) is 29.4 Å². The zero-order valence-electron chi connectivity index (χ0n) is 17.1. The van der Waals surface area contributed by atoms with Gasteiger partial charge in [-0.05, 0) is 31.0 Å². The number of nitrogens with zero attached hydrogens (tertiary/aromatic N) is 2. The molecule has 0 bridgehead atoms. The van der Waals surface area contributed by atoms with Crippen molar-refractivity contribution in [3.8, 4) is 0 Å². The Labute approximate surface area is 190 Å². The average Bonchev–Trinajstić information content (AvgIpc) is 3.22. The molecule has 174 valence electrons. The van der Waals surface area contributed by atoms with E-state index in [1.54, 1.807) is 0 Å². The van der Waals surface area contributed by atoms with E-state index >= 15 is 0 Å². The molecule has 1 aromatic carbocycles. The van der Waals surface area contributed by atoms with Gasteiger partial charge in [0.2, 0.25) is 0 Å². The van der Waals surface area contributed by atoms with Gasteiger partial charge in [-0.25, -0.2) is 4.39 Å². The lowest BCUT2D eigenvalue weighted by Gasteiger charge is -2.26. The van der Waals surface area contributed by atoms with Gasteiger partial charge in [-0.1, -0.05) is 16.8 Å². The number of hydrogen-bond acceptors (Lipinski definition) is 5. The van der Waals surface area contributed by atoms with Crippen molar-refractivity contribution in [3.63, 3.8) is 0 Å². The number of H-pyrrole nitrogens is 1. The maximum Gasteiger partial charge on any atom is 0.345 e. The molecule has 3 aromatic rings. The molecule has 1 saturated carbocycles. The van der Waals surface area contributed by atoms with Crippen molar-refractivity contribution in [2.24, 2.45) is 0 Å². The van der Waals surface area contributed by atoms with E-state index in [1.807, 2.05) is 0 Å². The van der Waals surface area contributed by atoms with Gasteiger partial charge in [0.15, 0.2) is 5.69 Å². The van der Waals surface area contributed by atoms with E-state index in [-0.39, 0.29) is 35.5 Å². The van der Waals surface area contributed by atoms with Gasteiger partial charge in [0.05, 0.1) is 23.7 Å². The summed E-state index contributed by atoms with van der Waals surface area (Å²) >= 11 is 5.81. The fourth-order valence-corrected chi connectivity index (χ4v) is 4.12. The molecular weight excluding hydrogens is 465 g/mol. The number of carbonyl (C=O) groups excluding carboxylic acids is 2. The Kier molecular flexibility index (Phi) is 5.32. The number of benzene rings is 1. The summed E-state index contributed by atoms with van der Waals surface area (Å²) in [4.78, 5) is 30.3. The summed E-state index contributed by atoms with van der Waals surface area (Å²) < 4.78 is 48.1. The summed E-state index contributed by atoms with van der Waals surface area (Å²) in [5, 5.41) is 7.00. The van der Waals surface area contributed by atoms with Crippen LogP contribution in [0.25, 0.3) is 10.9 Å². The number of fused-ring (bicyclic) bond motifs is 2. The molecule has 2 aliphatic rings. The second kappa shape index (κ2) is 8.07. The molecular formula is C21H18ClF3N4O4. The maximum absolute atomic E-state index is 13.7. The number of alkyl halides is 2. The summed E-state index contributed by atoms with van der Waals surface area (Å²) in [5.74, 6) is -1.01.